The van der Waals surface area contributed by atoms with Gasteiger partial charge in [-0.1, -0.05) is 25.1 Å². The van der Waals surface area contributed by atoms with Crippen molar-refractivity contribution in [3.05, 3.63) is 54.3 Å². The normalized spacial score (nSPS) is 18.9. The Bertz CT molecular complexity index is 1030. The number of hydrogen-bond acceptors (Lipinski definition) is 5. The van der Waals surface area contributed by atoms with Crippen LogP contribution >= 0.6 is 11.8 Å². The molecule has 4 rings (SSSR count). The minimum Gasteiger partial charge on any atom is -0.463 e. The lowest BCUT2D eigenvalue weighted by molar-refractivity contribution is -0.127. The van der Waals surface area contributed by atoms with Crippen molar-refractivity contribution in [2.45, 2.75) is 13.0 Å². The van der Waals surface area contributed by atoms with Gasteiger partial charge >= 0.3 is 0 Å². The van der Waals surface area contributed by atoms with Gasteiger partial charge in [-0.3, -0.25) is 9.59 Å². The van der Waals surface area contributed by atoms with Gasteiger partial charge in [-0.25, -0.2) is 4.98 Å². The highest BCUT2D eigenvalue weighted by Crippen LogP contribution is 2.26. The number of amides is 2. The second-order valence-corrected chi connectivity index (χ2v) is 8.20. The molecule has 1 fully saturated rings. The van der Waals surface area contributed by atoms with Crippen molar-refractivity contribution in [1.29, 1.82) is 0 Å². The van der Waals surface area contributed by atoms with Gasteiger partial charge in [-0.05, 0) is 36.4 Å². The van der Waals surface area contributed by atoms with E-state index in [1.807, 2.05) is 41.5 Å². The van der Waals surface area contributed by atoms with E-state index >= 15 is 0 Å². The topological polar surface area (TPSA) is 75.4 Å². The Labute approximate surface area is 173 Å². The van der Waals surface area contributed by atoms with Gasteiger partial charge < -0.3 is 14.6 Å². The number of pyridine rings is 1. The number of nitrogens with zero attached hydrogens (tertiary/aromatic N) is 2. The van der Waals surface area contributed by atoms with Gasteiger partial charge in [0.25, 0.3) is 5.91 Å². The molecule has 1 aromatic carbocycles. The van der Waals surface area contributed by atoms with Crippen molar-refractivity contribution in [2.75, 3.05) is 25.1 Å². The van der Waals surface area contributed by atoms with E-state index < -0.39 is 0 Å². The Morgan fingerprint density at radius 2 is 2.07 bits per heavy atom. The van der Waals surface area contributed by atoms with Crippen LogP contribution in [0.15, 0.2) is 53.1 Å². The minimum atomic E-state index is -0.160. The first-order valence-electron chi connectivity index (χ1n) is 9.58. The van der Waals surface area contributed by atoms with E-state index in [9.17, 15) is 9.59 Å². The molecule has 0 radical (unpaired) electrons. The van der Waals surface area contributed by atoms with Crippen molar-refractivity contribution < 1.29 is 14.0 Å². The third-order valence-corrected chi connectivity index (χ3v) is 5.82. The van der Waals surface area contributed by atoms with Crippen LogP contribution in [0.2, 0.25) is 0 Å². The first kappa shape index (κ1) is 19.5. The van der Waals surface area contributed by atoms with Crippen LogP contribution in [0.3, 0.4) is 0 Å². The average Bonchev–Trinajstić information content (AvgIpc) is 3.38. The second kappa shape index (κ2) is 8.29. The SMILES string of the molecule is CSCC(=O)N1C[C@@H](C)[C@@H](NC(=O)c2cc(-c3ccco3)nc3ccccc23)C1. The number of para-hydroxylation sites is 1. The van der Waals surface area contributed by atoms with E-state index in [4.69, 9.17) is 4.42 Å². The highest BCUT2D eigenvalue weighted by molar-refractivity contribution is 7.99. The Balaban J connectivity index is 1.61. The Hall–Kier alpha value is -2.80. The lowest BCUT2D eigenvalue weighted by atomic mass is 10.0. The van der Waals surface area contributed by atoms with Crippen LogP contribution < -0.4 is 5.32 Å². The van der Waals surface area contributed by atoms with Crippen LogP contribution in [-0.2, 0) is 4.79 Å². The van der Waals surface area contributed by atoms with Crippen LogP contribution in [0, 0.1) is 5.92 Å². The summed E-state index contributed by atoms with van der Waals surface area (Å²) in [5.74, 6) is 1.24. The molecule has 1 saturated heterocycles. The highest BCUT2D eigenvalue weighted by Gasteiger charge is 2.33. The van der Waals surface area contributed by atoms with Gasteiger partial charge in [0, 0.05) is 18.5 Å². The number of rotatable bonds is 5. The molecule has 2 atom stereocenters. The van der Waals surface area contributed by atoms with E-state index in [0.29, 0.717) is 35.9 Å². The van der Waals surface area contributed by atoms with Crippen molar-refractivity contribution in [2.24, 2.45) is 5.92 Å². The van der Waals surface area contributed by atoms with Gasteiger partial charge in [0.05, 0.1) is 29.1 Å². The maximum Gasteiger partial charge on any atom is 0.252 e. The predicted molar refractivity (Wildman–Crippen MR) is 115 cm³/mol. The number of aromatic nitrogens is 1. The number of carbonyl (C=O) groups is 2. The second-order valence-electron chi connectivity index (χ2n) is 7.34. The Morgan fingerprint density at radius 1 is 1.24 bits per heavy atom. The first-order valence-corrected chi connectivity index (χ1v) is 11.0. The van der Waals surface area contributed by atoms with Crippen molar-refractivity contribution in [3.63, 3.8) is 0 Å². The summed E-state index contributed by atoms with van der Waals surface area (Å²) < 4.78 is 5.48. The summed E-state index contributed by atoms with van der Waals surface area (Å²) in [4.78, 5) is 31.9. The molecule has 0 saturated carbocycles. The van der Waals surface area contributed by atoms with Crippen molar-refractivity contribution >= 4 is 34.5 Å². The maximum absolute atomic E-state index is 13.2. The molecule has 1 aliphatic heterocycles. The van der Waals surface area contributed by atoms with Crippen LogP contribution in [0.5, 0.6) is 0 Å². The average molecular weight is 410 g/mol. The van der Waals surface area contributed by atoms with Gasteiger partial charge in [0.2, 0.25) is 5.91 Å². The van der Waals surface area contributed by atoms with E-state index in [2.05, 4.69) is 17.2 Å². The van der Waals surface area contributed by atoms with Crippen molar-refractivity contribution in [1.82, 2.24) is 15.2 Å². The third-order valence-electron chi connectivity index (χ3n) is 5.28. The number of likely N-dealkylation sites (tertiary alicyclic amines) is 1. The number of thioether (sulfide) groups is 1. The fraction of sp³-hybridized carbons (Fsp3) is 0.318. The molecule has 7 heteroatoms. The number of fused-ring (bicyclic) bond motifs is 1. The first-order chi connectivity index (χ1) is 14.1. The summed E-state index contributed by atoms with van der Waals surface area (Å²) in [6, 6.07) is 12.9. The molecule has 1 N–H and O–H groups in total. The fourth-order valence-electron chi connectivity index (χ4n) is 3.73. The number of carbonyl (C=O) groups excluding carboxylic acids is 2. The lowest BCUT2D eigenvalue weighted by Crippen LogP contribution is -2.40. The Morgan fingerprint density at radius 3 is 2.83 bits per heavy atom. The molecule has 0 bridgehead atoms. The van der Waals surface area contributed by atoms with Crippen molar-refractivity contribution in [3.8, 4) is 11.5 Å². The standard InChI is InChI=1S/C22H23N3O3S/c1-14-11-25(21(26)13-29-2)12-19(14)24-22(27)16-10-18(20-8-5-9-28-20)23-17-7-4-3-6-15(16)17/h3-10,14,19H,11-13H2,1-2H3,(H,24,27)/t14-,19+/m1/s1. The largest absolute Gasteiger partial charge is 0.463 e. The zero-order chi connectivity index (χ0) is 20.4. The van der Waals surface area contributed by atoms with Gasteiger partial charge in [-0.2, -0.15) is 11.8 Å². The fourth-order valence-corrected chi connectivity index (χ4v) is 4.16. The summed E-state index contributed by atoms with van der Waals surface area (Å²) in [6.07, 6.45) is 3.51. The summed E-state index contributed by atoms with van der Waals surface area (Å²) in [6.45, 7) is 3.27. The molecule has 3 aromatic rings. The summed E-state index contributed by atoms with van der Waals surface area (Å²) in [5.41, 5.74) is 1.92. The van der Waals surface area contributed by atoms with E-state index in [0.717, 1.165) is 10.9 Å². The molecule has 150 valence electrons. The quantitative estimate of drug-likeness (QED) is 0.699. The molecule has 2 aromatic heterocycles. The van der Waals surface area contributed by atoms with E-state index in [1.54, 1.807) is 18.4 Å². The molecule has 0 unspecified atom stereocenters. The lowest BCUT2D eigenvalue weighted by Gasteiger charge is -2.18. The number of furan rings is 1. The van der Waals surface area contributed by atoms with E-state index in [-0.39, 0.29) is 23.8 Å². The molecule has 2 amide bonds. The van der Waals surface area contributed by atoms with Gasteiger partial charge in [-0.15, -0.1) is 0 Å². The number of hydrogen-bond donors (Lipinski definition) is 1. The monoisotopic (exact) mass is 409 g/mol. The van der Waals surface area contributed by atoms with Gasteiger partial charge in [0.15, 0.2) is 5.76 Å². The maximum atomic E-state index is 13.2. The molecule has 1 aliphatic rings. The van der Waals surface area contributed by atoms with Crippen LogP contribution in [0.1, 0.15) is 17.3 Å². The summed E-state index contributed by atoms with van der Waals surface area (Å²) in [7, 11) is 0. The zero-order valence-corrected chi connectivity index (χ0v) is 17.2. The molecule has 29 heavy (non-hydrogen) atoms. The minimum absolute atomic E-state index is 0.0766. The molecule has 0 spiro atoms. The zero-order valence-electron chi connectivity index (χ0n) is 16.4. The predicted octanol–water partition coefficient (Wildman–Crippen LogP) is 3.43. The van der Waals surface area contributed by atoms with Crippen LogP contribution in [0.4, 0.5) is 0 Å². The Kier molecular flexibility index (Phi) is 5.58. The summed E-state index contributed by atoms with van der Waals surface area (Å²) in [5, 5.41) is 3.93. The van der Waals surface area contributed by atoms with E-state index in [1.165, 1.54) is 11.8 Å². The summed E-state index contributed by atoms with van der Waals surface area (Å²) >= 11 is 1.52. The molecule has 0 aliphatic carbocycles. The molecule has 3 heterocycles. The highest BCUT2D eigenvalue weighted by atomic mass is 32.2. The number of nitrogens with one attached hydrogen (secondary N) is 1. The third kappa shape index (κ3) is 4.00. The molecule has 6 nitrogen and oxygen atoms in total. The number of benzene rings is 1. The van der Waals surface area contributed by atoms with Crippen LogP contribution in [0.25, 0.3) is 22.4 Å². The van der Waals surface area contributed by atoms with Crippen LogP contribution in [-0.4, -0.2) is 52.8 Å². The smallest absolute Gasteiger partial charge is 0.252 e. The molecular weight excluding hydrogens is 386 g/mol. The van der Waals surface area contributed by atoms with Gasteiger partial charge in [0.1, 0.15) is 5.69 Å². The molecular formula is C22H23N3O3S.